The van der Waals surface area contributed by atoms with Crippen LogP contribution in [0, 0.1) is 0 Å². The van der Waals surface area contributed by atoms with Gasteiger partial charge in [-0.1, -0.05) is 39.5 Å². The molecule has 5 atom stereocenters. The van der Waals surface area contributed by atoms with Crippen LogP contribution in [0.2, 0.25) is 0 Å². The highest BCUT2D eigenvalue weighted by Gasteiger charge is 2.47. The van der Waals surface area contributed by atoms with E-state index in [-0.39, 0.29) is 37.6 Å². The predicted octanol–water partition coefficient (Wildman–Crippen LogP) is 3.09. The van der Waals surface area contributed by atoms with E-state index in [1.54, 1.807) is 0 Å². The quantitative estimate of drug-likeness (QED) is 0.340. The highest BCUT2D eigenvalue weighted by atomic mass is 16.6. The zero-order valence-corrected chi connectivity index (χ0v) is 19.8. The first kappa shape index (κ1) is 27.8. The lowest BCUT2D eigenvalue weighted by molar-refractivity contribution is -0.280. The second-order valence-corrected chi connectivity index (χ2v) is 8.72. The van der Waals surface area contributed by atoms with E-state index >= 15 is 0 Å². The molecular weight excluding hydrogens is 388 g/mol. The Kier molecular flexibility index (Phi) is 14.3. The van der Waals surface area contributed by atoms with Crippen LogP contribution >= 0.6 is 0 Å². The average Bonchev–Trinajstić information content (AvgIpc) is 2.70. The maximum atomic E-state index is 9.90. The Balaban J connectivity index is 2.71. The third-order valence-corrected chi connectivity index (χ3v) is 5.44. The van der Waals surface area contributed by atoms with Gasteiger partial charge in [0.1, 0.15) is 24.4 Å². The van der Waals surface area contributed by atoms with Gasteiger partial charge in [0.2, 0.25) is 0 Å². The molecule has 1 saturated heterocycles. The molecule has 1 rings (SSSR count). The number of rotatable bonds is 17. The molecule has 4 unspecified atom stereocenters. The minimum atomic E-state index is -0.505. The van der Waals surface area contributed by atoms with Gasteiger partial charge in [0.05, 0.1) is 44.7 Å². The van der Waals surface area contributed by atoms with Gasteiger partial charge >= 0.3 is 0 Å². The number of aliphatic hydroxyl groups excluding tert-OH is 2. The van der Waals surface area contributed by atoms with Gasteiger partial charge < -0.3 is 33.9 Å². The molecule has 1 heterocycles. The summed E-state index contributed by atoms with van der Waals surface area (Å²) in [6.07, 6.45) is 4.49. The number of hydrogen-bond donors (Lipinski definition) is 2. The molecule has 0 amide bonds. The molecule has 7 heteroatoms. The van der Waals surface area contributed by atoms with Gasteiger partial charge in [0.25, 0.3) is 0 Å². The average molecular weight is 435 g/mol. The van der Waals surface area contributed by atoms with Crippen molar-refractivity contribution in [1.29, 1.82) is 0 Å². The van der Waals surface area contributed by atoms with Gasteiger partial charge in [-0.15, -0.1) is 0 Å². The van der Waals surface area contributed by atoms with Gasteiger partial charge in [-0.3, -0.25) is 0 Å². The van der Waals surface area contributed by atoms with E-state index in [2.05, 4.69) is 13.8 Å². The first-order valence-corrected chi connectivity index (χ1v) is 11.8. The van der Waals surface area contributed by atoms with Gasteiger partial charge in [-0.2, -0.15) is 0 Å². The van der Waals surface area contributed by atoms with Crippen LogP contribution in [-0.4, -0.2) is 86.0 Å². The smallest absolute Gasteiger partial charge is 0.115 e. The standard InChI is InChI=1S/C23H46O7/c1-6-8-9-10-13-26-15-16-28-20-18(3)29-19(17-25)21(22(20)27-14-12-24)30-23(4,5)11-7-2/h18-22,24-25H,6-17H2,1-5H3/t18-,19?,20?,21?,22?/m0/s1. The minimum absolute atomic E-state index is 0.0891. The summed E-state index contributed by atoms with van der Waals surface area (Å²) >= 11 is 0. The maximum Gasteiger partial charge on any atom is 0.115 e. The molecule has 0 aromatic rings. The van der Waals surface area contributed by atoms with Crippen LogP contribution in [0.5, 0.6) is 0 Å². The minimum Gasteiger partial charge on any atom is -0.394 e. The van der Waals surface area contributed by atoms with Crippen LogP contribution in [0.25, 0.3) is 0 Å². The van der Waals surface area contributed by atoms with E-state index in [1.165, 1.54) is 19.3 Å². The molecule has 30 heavy (non-hydrogen) atoms. The fraction of sp³-hybridized carbons (Fsp3) is 1.00. The van der Waals surface area contributed by atoms with Crippen molar-refractivity contribution in [2.24, 2.45) is 0 Å². The highest BCUT2D eigenvalue weighted by molar-refractivity contribution is 4.95. The summed E-state index contributed by atoms with van der Waals surface area (Å²) in [5.41, 5.74) is -0.385. The summed E-state index contributed by atoms with van der Waals surface area (Å²) in [6.45, 7) is 11.9. The highest BCUT2D eigenvalue weighted by Crippen LogP contribution is 2.32. The molecule has 0 aromatic carbocycles. The maximum absolute atomic E-state index is 9.90. The summed E-state index contributed by atoms with van der Waals surface area (Å²) in [5.74, 6) is 0. The van der Waals surface area contributed by atoms with E-state index in [0.717, 1.165) is 25.9 Å². The summed E-state index contributed by atoms with van der Waals surface area (Å²) in [4.78, 5) is 0. The Hall–Kier alpha value is -0.280. The molecular formula is C23H46O7. The number of ether oxygens (including phenoxy) is 5. The zero-order chi connectivity index (χ0) is 22.4. The fourth-order valence-corrected chi connectivity index (χ4v) is 4.00. The third kappa shape index (κ3) is 9.90. The van der Waals surface area contributed by atoms with Crippen LogP contribution in [0.4, 0.5) is 0 Å². The molecule has 0 saturated carbocycles. The van der Waals surface area contributed by atoms with Crippen molar-refractivity contribution in [2.45, 2.75) is 109 Å². The van der Waals surface area contributed by atoms with Gasteiger partial charge in [0, 0.05) is 6.61 Å². The Morgan fingerprint density at radius 3 is 2.20 bits per heavy atom. The number of aliphatic hydroxyl groups is 2. The van der Waals surface area contributed by atoms with Crippen molar-refractivity contribution in [3.63, 3.8) is 0 Å². The Morgan fingerprint density at radius 2 is 1.57 bits per heavy atom. The van der Waals surface area contributed by atoms with E-state index in [1.807, 2.05) is 20.8 Å². The largest absolute Gasteiger partial charge is 0.394 e. The van der Waals surface area contributed by atoms with Crippen molar-refractivity contribution >= 4 is 0 Å². The number of hydrogen-bond acceptors (Lipinski definition) is 7. The molecule has 1 fully saturated rings. The van der Waals surface area contributed by atoms with Crippen molar-refractivity contribution in [3.05, 3.63) is 0 Å². The lowest BCUT2D eigenvalue weighted by Crippen LogP contribution is -2.62. The Bertz CT molecular complexity index is 418. The molecule has 1 aliphatic heterocycles. The molecule has 1 aliphatic rings. The summed E-state index contributed by atoms with van der Waals surface area (Å²) in [6, 6.07) is 0. The SMILES string of the molecule is CCCCCCOCCOC1C(OCCO)C(OC(C)(C)CCC)C(CO)O[C@H]1C. The molecule has 0 bridgehead atoms. The summed E-state index contributed by atoms with van der Waals surface area (Å²) in [5, 5.41) is 19.2. The van der Waals surface area contributed by atoms with Crippen molar-refractivity contribution in [3.8, 4) is 0 Å². The molecule has 2 N–H and O–H groups in total. The van der Waals surface area contributed by atoms with E-state index in [9.17, 15) is 10.2 Å². The van der Waals surface area contributed by atoms with Crippen LogP contribution in [0.1, 0.15) is 73.1 Å². The van der Waals surface area contributed by atoms with Crippen LogP contribution in [0.3, 0.4) is 0 Å². The molecule has 0 radical (unpaired) electrons. The number of unbranched alkanes of at least 4 members (excludes halogenated alkanes) is 3. The molecule has 180 valence electrons. The Morgan fingerprint density at radius 1 is 0.833 bits per heavy atom. The van der Waals surface area contributed by atoms with Gasteiger partial charge in [-0.25, -0.2) is 0 Å². The van der Waals surface area contributed by atoms with Crippen LogP contribution in [-0.2, 0) is 23.7 Å². The van der Waals surface area contributed by atoms with E-state index < -0.39 is 18.3 Å². The second kappa shape index (κ2) is 15.5. The normalized spacial score (nSPS) is 27.5. The van der Waals surface area contributed by atoms with E-state index in [0.29, 0.717) is 13.2 Å². The monoisotopic (exact) mass is 434 g/mol. The second-order valence-electron chi connectivity index (χ2n) is 8.72. The van der Waals surface area contributed by atoms with Crippen molar-refractivity contribution < 1.29 is 33.9 Å². The first-order valence-electron chi connectivity index (χ1n) is 11.8. The zero-order valence-electron chi connectivity index (χ0n) is 19.8. The lowest BCUT2D eigenvalue weighted by atomic mass is 9.93. The molecule has 0 aliphatic carbocycles. The van der Waals surface area contributed by atoms with Crippen molar-refractivity contribution in [2.75, 3.05) is 39.6 Å². The predicted molar refractivity (Wildman–Crippen MR) is 117 cm³/mol. The van der Waals surface area contributed by atoms with E-state index in [4.69, 9.17) is 23.7 Å². The fourth-order valence-electron chi connectivity index (χ4n) is 4.00. The van der Waals surface area contributed by atoms with Gasteiger partial charge in [0.15, 0.2) is 0 Å². The van der Waals surface area contributed by atoms with Crippen LogP contribution < -0.4 is 0 Å². The Labute approximate surface area is 183 Å². The third-order valence-electron chi connectivity index (χ3n) is 5.44. The molecule has 0 aromatic heterocycles. The lowest BCUT2D eigenvalue weighted by Gasteiger charge is -2.47. The molecule has 7 nitrogen and oxygen atoms in total. The van der Waals surface area contributed by atoms with Gasteiger partial charge in [-0.05, 0) is 33.6 Å². The summed E-state index contributed by atoms with van der Waals surface area (Å²) in [7, 11) is 0. The van der Waals surface area contributed by atoms with Crippen LogP contribution in [0.15, 0.2) is 0 Å². The van der Waals surface area contributed by atoms with Crippen molar-refractivity contribution in [1.82, 2.24) is 0 Å². The topological polar surface area (TPSA) is 86.6 Å². The molecule has 0 spiro atoms. The summed E-state index contributed by atoms with van der Waals surface area (Å²) < 4.78 is 30.2. The first-order chi connectivity index (χ1) is 14.4.